The molecule has 0 aliphatic rings. The average molecular weight is 213 g/mol. The molecule has 2 unspecified atom stereocenters. The second-order valence-electron chi connectivity index (χ2n) is 4.66. The molecule has 0 aromatic heterocycles. The lowest BCUT2D eigenvalue weighted by Crippen LogP contribution is -2.36. The average Bonchev–Trinajstić information content (AvgIpc) is 2.26. The van der Waals surface area contributed by atoms with Crippen molar-refractivity contribution in [1.82, 2.24) is 5.32 Å². The summed E-state index contributed by atoms with van der Waals surface area (Å²) < 4.78 is 0. The van der Waals surface area contributed by atoms with Crippen LogP contribution in [-0.2, 0) is 0 Å². The van der Waals surface area contributed by atoms with Gasteiger partial charge < -0.3 is 5.32 Å². The SMILES string of the molecule is CCCCC(CC)C(CCC)NCCC. The van der Waals surface area contributed by atoms with Gasteiger partial charge in [0, 0.05) is 6.04 Å². The molecule has 0 heterocycles. The van der Waals surface area contributed by atoms with Crippen molar-refractivity contribution >= 4 is 0 Å². The molecule has 0 saturated heterocycles. The number of unbranched alkanes of at least 4 members (excludes halogenated alkanes) is 1. The Hall–Kier alpha value is -0.0400. The molecule has 0 radical (unpaired) electrons. The van der Waals surface area contributed by atoms with E-state index >= 15 is 0 Å². The van der Waals surface area contributed by atoms with Gasteiger partial charge in [-0.25, -0.2) is 0 Å². The van der Waals surface area contributed by atoms with E-state index in [0.717, 1.165) is 12.0 Å². The monoisotopic (exact) mass is 213 g/mol. The Morgan fingerprint density at radius 2 is 1.60 bits per heavy atom. The normalized spacial score (nSPS) is 15.2. The molecule has 1 nitrogen and oxygen atoms in total. The van der Waals surface area contributed by atoms with Crippen LogP contribution < -0.4 is 5.32 Å². The van der Waals surface area contributed by atoms with Gasteiger partial charge >= 0.3 is 0 Å². The summed E-state index contributed by atoms with van der Waals surface area (Å²) in [5.74, 6) is 0.899. The zero-order valence-corrected chi connectivity index (χ0v) is 11.3. The van der Waals surface area contributed by atoms with Crippen molar-refractivity contribution in [3.8, 4) is 0 Å². The van der Waals surface area contributed by atoms with Crippen LogP contribution in [0.4, 0.5) is 0 Å². The number of hydrogen-bond donors (Lipinski definition) is 1. The summed E-state index contributed by atoms with van der Waals surface area (Å²) in [6, 6.07) is 0.770. The second kappa shape index (κ2) is 10.5. The topological polar surface area (TPSA) is 12.0 Å². The van der Waals surface area contributed by atoms with Crippen molar-refractivity contribution < 1.29 is 0 Å². The first kappa shape index (κ1) is 15.0. The quantitative estimate of drug-likeness (QED) is 0.568. The first-order valence-corrected chi connectivity index (χ1v) is 7.03. The van der Waals surface area contributed by atoms with E-state index in [1.165, 1.54) is 51.5 Å². The van der Waals surface area contributed by atoms with Crippen molar-refractivity contribution in [2.45, 2.75) is 78.7 Å². The molecule has 0 aromatic carbocycles. The van der Waals surface area contributed by atoms with Gasteiger partial charge in [-0.15, -0.1) is 0 Å². The third kappa shape index (κ3) is 6.94. The molecule has 1 N–H and O–H groups in total. The summed E-state index contributed by atoms with van der Waals surface area (Å²) in [7, 11) is 0. The fraction of sp³-hybridized carbons (Fsp3) is 1.00. The Bertz CT molecular complexity index is 123. The summed E-state index contributed by atoms with van der Waals surface area (Å²) >= 11 is 0. The highest BCUT2D eigenvalue weighted by atomic mass is 14.9. The summed E-state index contributed by atoms with van der Waals surface area (Å²) in [5.41, 5.74) is 0. The Balaban J connectivity index is 4.00. The first-order valence-electron chi connectivity index (χ1n) is 7.03. The van der Waals surface area contributed by atoms with E-state index in [4.69, 9.17) is 0 Å². The largest absolute Gasteiger partial charge is 0.314 e. The standard InChI is InChI=1S/C14H31N/c1-5-9-11-13(8-4)14(10-6-2)15-12-7-3/h13-15H,5-12H2,1-4H3. The maximum atomic E-state index is 3.73. The lowest BCUT2D eigenvalue weighted by atomic mass is 9.88. The minimum absolute atomic E-state index is 0.770. The highest BCUT2D eigenvalue weighted by Gasteiger charge is 2.17. The van der Waals surface area contributed by atoms with Crippen LogP contribution in [-0.4, -0.2) is 12.6 Å². The van der Waals surface area contributed by atoms with E-state index in [-0.39, 0.29) is 0 Å². The lowest BCUT2D eigenvalue weighted by molar-refractivity contribution is 0.301. The van der Waals surface area contributed by atoms with Crippen molar-refractivity contribution in [3.05, 3.63) is 0 Å². The molecule has 0 spiro atoms. The van der Waals surface area contributed by atoms with Gasteiger partial charge in [-0.1, -0.05) is 53.4 Å². The van der Waals surface area contributed by atoms with Gasteiger partial charge in [0.05, 0.1) is 0 Å². The van der Waals surface area contributed by atoms with Crippen LogP contribution in [0.25, 0.3) is 0 Å². The molecule has 0 aliphatic carbocycles. The zero-order chi connectivity index (χ0) is 11.5. The van der Waals surface area contributed by atoms with Crippen LogP contribution >= 0.6 is 0 Å². The molecular formula is C14H31N. The Morgan fingerprint density at radius 3 is 2.07 bits per heavy atom. The Morgan fingerprint density at radius 1 is 0.867 bits per heavy atom. The summed E-state index contributed by atoms with van der Waals surface area (Å²) in [5, 5.41) is 3.73. The van der Waals surface area contributed by atoms with Gasteiger partial charge in [0.15, 0.2) is 0 Å². The molecule has 0 saturated carbocycles. The predicted octanol–water partition coefficient (Wildman–Crippen LogP) is 4.37. The van der Waals surface area contributed by atoms with Crippen molar-refractivity contribution in [1.29, 1.82) is 0 Å². The van der Waals surface area contributed by atoms with Crippen LogP contribution in [0.5, 0.6) is 0 Å². The Kier molecular flexibility index (Phi) is 10.4. The lowest BCUT2D eigenvalue weighted by Gasteiger charge is -2.27. The first-order chi connectivity index (χ1) is 7.29. The molecule has 92 valence electrons. The smallest absolute Gasteiger partial charge is 0.00951 e. The maximum Gasteiger partial charge on any atom is 0.00951 e. The minimum atomic E-state index is 0.770. The van der Waals surface area contributed by atoms with E-state index in [0.29, 0.717) is 0 Å². The molecule has 0 aliphatic heterocycles. The fourth-order valence-corrected chi connectivity index (χ4v) is 2.30. The molecular weight excluding hydrogens is 182 g/mol. The molecule has 2 atom stereocenters. The van der Waals surface area contributed by atoms with Crippen LogP contribution in [0.1, 0.15) is 72.6 Å². The van der Waals surface area contributed by atoms with Gasteiger partial charge in [-0.05, 0) is 31.7 Å². The van der Waals surface area contributed by atoms with Gasteiger partial charge in [0.2, 0.25) is 0 Å². The van der Waals surface area contributed by atoms with Crippen LogP contribution in [0.2, 0.25) is 0 Å². The van der Waals surface area contributed by atoms with Crippen LogP contribution in [0.15, 0.2) is 0 Å². The van der Waals surface area contributed by atoms with E-state index in [2.05, 4.69) is 33.0 Å². The maximum absolute atomic E-state index is 3.73. The summed E-state index contributed by atoms with van der Waals surface area (Å²) in [6.45, 7) is 10.4. The molecule has 1 heteroatoms. The van der Waals surface area contributed by atoms with Gasteiger partial charge in [-0.3, -0.25) is 0 Å². The highest BCUT2D eigenvalue weighted by molar-refractivity contribution is 4.75. The van der Waals surface area contributed by atoms with Crippen LogP contribution in [0.3, 0.4) is 0 Å². The number of nitrogens with one attached hydrogen (secondary N) is 1. The molecule has 15 heavy (non-hydrogen) atoms. The van der Waals surface area contributed by atoms with E-state index in [9.17, 15) is 0 Å². The molecule has 0 bridgehead atoms. The molecule has 0 rings (SSSR count). The van der Waals surface area contributed by atoms with Crippen molar-refractivity contribution in [2.24, 2.45) is 5.92 Å². The summed E-state index contributed by atoms with van der Waals surface area (Å²) in [4.78, 5) is 0. The second-order valence-corrected chi connectivity index (χ2v) is 4.66. The van der Waals surface area contributed by atoms with E-state index in [1.807, 2.05) is 0 Å². The Labute approximate surface area is 97.0 Å². The van der Waals surface area contributed by atoms with E-state index in [1.54, 1.807) is 0 Å². The van der Waals surface area contributed by atoms with Gasteiger partial charge in [0.25, 0.3) is 0 Å². The molecule has 0 amide bonds. The summed E-state index contributed by atoms with van der Waals surface area (Å²) in [6.07, 6.45) is 9.39. The molecule has 0 fully saturated rings. The zero-order valence-electron chi connectivity index (χ0n) is 11.3. The number of hydrogen-bond acceptors (Lipinski definition) is 1. The van der Waals surface area contributed by atoms with Crippen molar-refractivity contribution in [3.63, 3.8) is 0 Å². The van der Waals surface area contributed by atoms with E-state index < -0.39 is 0 Å². The van der Waals surface area contributed by atoms with Crippen LogP contribution in [0, 0.1) is 5.92 Å². The highest BCUT2D eigenvalue weighted by Crippen LogP contribution is 2.20. The minimum Gasteiger partial charge on any atom is -0.314 e. The number of rotatable bonds is 10. The fourth-order valence-electron chi connectivity index (χ4n) is 2.30. The van der Waals surface area contributed by atoms with Crippen molar-refractivity contribution in [2.75, 3.05) is 6.54 Å². The van der Waals surface area contributed by atoms with Gasteiger partial charge in [-0.2, -0.15) is 0 Å². The molecule has 0 aromatic rings. The third-order valence-electron chi connectivity index (χ3n) is 3.28. The third-order valence-corrected chi connectivity index (χ3v) is 3.28. The predicted molar refractivity (Wildman–Crippen MR) is 70.3 cm³/mol. The van der Waals surface area contributed by atoms with Gasteiger partial charge in [0.1, 0.15) is 0 Å².